The minimum atomic E-state index is -2.70. The van der Waals surface area contributed by atoms with Crippen LogP contribution in [-0.2, 0) is 4.79 Å². The van der Waals surface area contributed by atoms with Crippen LogP contribution in [0.1, 0.15) is 20.3 Å². The first-order valence-corrected chi connectivity index (χ1v) is 5.99. The van der Waals surface area contributed by atoms with Crippen LogP contribution in [0.4, 0.5) is 13.6 Å². The third-order valence-corrected chi connectivity index (χ3v) is 2.59. The Hall–Kier alpha value is -1.44. The number of aliphatic carboxylic acids is 1. The Morgan fingerprint density at radius 3 is 2.26 bits per heavy atom. The van der Waals surface area contributed by atoms with Gasteiger partial charge in [-0.2, -0.15) is 0 Å². The first kappa shape index (κ1) is 17.6. The molecule has 0 heterocycles. The van der Waals surface area contributed by atoms with Crippen molar-refractivity contribution in [2.24, 2.45) is 0 Å². The summed E-state index contributed by atoms with van der Waals surface area (Å²) >= 11 is 0. The van der Waals surface area contributed by atoms with Crippen LogP contribution in [-0.4, -0.2) is 70.7 Å². The van der Waals surface area contributed by atoms with E-state index < -0.39 is 37.6 Å². The smallest absolute Gasteiger partial charge is 0.320 e. The number of nitrogens with zero attached hydrogens (tertiary/aromatic N) is 2. The fourth-order valence-electron chi connectivity index (χ4n) is 1.73. The number of rotatable bonds is 8. The van der Waals surface area contributed by atoms with Gasteiger partial charge in [-0.05, 0) is 13.8 Å². The van der Waals surface area contributed by atoms with Crippen molar-refractivity contribution in [2.75, 3.05) is 26.2 Å². The zero-order valence-corrected chi connectivity index (χ0v) is 11.1. The minimum absolute atomic E-state index is 0.207. The average Bonchev–Trinajstić information content (AvgIpc) is 2.27. The summed E-state index contributed by atoms with van der Waals surface area (Å²) in [5.74, 6) is -1.07. The summed E-state index contributed by atoms with van der Waals surface area (Å²) in [7, 11) is 0. The Bertz CT molecular complexity index is 302. The summed E-state index contributed by atoms with van der Waals surface area (Å²) in [5.41, 5.74) is 0. The van der Waals surface area contributed by atoms with Gasteiger partial charge in [0.05, 0.1) is 19.6 Å². The second-order valence-corrected chi connectivity index (χ2v) is 4.08. The van der Waals surface area contributed by atoms with Crippen LogP contribution in [0, 0.1) is 0 Å². The number of hydrogen-bond donors (Lipinski definition) is 2. The number of urea groups is 1. The molecule has 8 heteroatoms. The number of aliphatic hydroxyl groups is 1. The summed E-state index contributed by atoms with van der Waals surface area (Å²) in [6.45, 7) is 1.96. The van der Waals surface area contributed by atoms with Crippen LogP contribution in [0.25, 0.3) is 0 Å². The van der Waals surface area contributed by atoms with Crippen LogP contribution in [0.15, 0.2) is 0 Å². The Kier molecular flexibility index (Phi) is 7.97. The summed E-state index contributed by atoms with van der Waals surface area (Å²) in [5, 5.41) is 17.5. The van der Waals surface area contributed by atoms with E-state index in [0.29, 0.717) is 0 Å². The van der Waals surface area contributed by atoms with Crippen molar-refractivity contribution in [1.29, 1.82) is 0 Å². The van der Waals surface area contributed by atoms with Crippen molar-refractivity contribution in [2.45, 2.75) is 32.7 Å². The molecule has 1 atom stereocenters. The van der Waals surface area contributed by atoms with Gasteiger partial charge in [0.1, 0.15) is 0 Å². The first-order chi connectivity index (χ1) is 8.83. The van der Waals surface area contributed by atoms with E-state index in [-0.39, 0.29) is 19.5 Å². The topological polar surface area (TPSA) is 81.1 Å². The highest BCUT2D eigenvalue weighted by atomic mass is 19.3. The molecule has 2 N–H and O–H groups in total. The van der Waals surface area contributed by atoms with Gasteiger partial charge in [-0.25, -0.2) is 13.6 Å². The lowest BCUT2D eigenvalue weighted by Gasteiger charge is -2.33. The van der Waals surface area contributed by atoms with Crippen LogP contribution >= 0.6 is 0 Å². The largest absolute Gasteiger partial charge is 0.481 e. The zero-order valence-electron chi connectivity index (χ0n) is 11.1. The Morgan fingerprint density at radius 1 is 1.32 bits per heavy atom. The van der Waals surface area contributed by atoms with E-state index >= 15 is 0 Å². The lowest BCUT2D eigenvalue weighted by molar-refractivity contribution is -0.138. The number of amides is 2. The number of hydrogen-bond acceptors (Lipinski definition) is 3. The van der Waals surface area contributed by atoms with E-state index in [1.165, 1.54) is 11.8 Å². The monoisotopic (exact) mass is 282 g/mol. The molecular formula is C11H20F2N2O4. The summed E-state index contributed by atoms with van der Waals surface area (Å²) in [4.78, 5) is 24.7. The van der Waals surface area contributed by atoms with E-state index in [1.54, 1.807) is 6.92 Å². The Morgan fingerprint density at radius 2 is 1.89 bits per heavy atom. The lowest BCUT2D eigenvalue weighted by Crippen LogP contribution is -2.49. The van der Waals surface area contributed by atoms with Crippen LogP contribution in [0.3, 0.4) is 0 Å². The van der Waals surface area contributed by atoms with Gasteiger partial charge in [0.25, 0.3) is 6.43 Å². The van der Waals surface area contributed by atoms with E-state index in [0.717, 1.165) is 4.90 Å². The second kappa shape index (κ2) is 8.63. The fraction of sp³-hybridized carbons (Fsp3) is 0.818. The molecule has 0 radical (unpaired) electrons. The van der Waals surface area contributed by atoms with E-state index in [4.69, 9.17) is 10.2 Å². The fourth-order valence-corrected chi connectivity index (χ4v) is 1.73. The summed E-state index contributed by atoms with van der Waals surface area (Å²) < 4.78 is 24.7. The predicted molar refractivity (Wildman–Crippen MR) is 64.2 cm³/mol. The molecule has 0 saturated carbocycles. The molecular weight excluding hydrogens is 262 g/mol. The van der Waals surface area contributed by atoms with Gasteiger partial charge in [0.15, 0.2) is 0 Å². The molecule has 0 aliphatic heterocycles. The number of carbonyl (C=O) groups excluding carboxylic acids is 1. The number of halogens is 2. The van der Waals surface area contributed by atoms with Gasteiger partial charge in [0.2, 0.25) is 0 Å². The van der Waals surface area contributed by atoms with Crippen molar-refractivity contribution in [3.63, 3.8) is 0 Å². The quantitative estimate of drug-likeness (QED) is 0.691. The third-order valence-electron chi connectivity index (χ3n) is 2.59. The minimum Gasteiger partial charge on any atom is -0.481 e. The maximum Gasteiger partial charge on any atom is 0.320 e. The molecule has 0 aliphatic carbocycles. The number of alkyl halides is 2. The highest BCUT2D eigenvalue weighted by molar-refractivity contribution is 5.76. The van der Waals surface area contributed by atoms with Gasteiger partial charge in [0, 0.05) is 19.1 Å². The third kappa shape index (κ3) is 6.32. The summed E-state index contributed by atoms with van der Waals surface area (Å²) in [6.07, 6.45) is -2.97. The standard InChI is InChI=1S/C11H20F2N2O4/c1-3-15(8(2)6-10(17)18)11(19)14(4-5-16)7-9(12)13/h8-9,16H,3-7H2,1-2H3,(H,17,18). The zero-order chi connectivity index (χ0) is 15.0. The molecule has 0 rings (SSSR count). The van der Waals surface area contributed by atoms with Crippen molar-refractivity contribution in [1.82, 2.24) is 9.80 Å². The van der Waals surface area contributed by atoms with Crippen LogP contribution < -0.4 is 0 Å². The van der Waals surface area contributed by atoms with Crippen LogP contribution in [0.2, 0.25) is 0 Å². The molecule has 19 heavy (non-hydrogen) atoms. The number of carboxylic acids is 1. The van der Waals surface area contributed by atoms with Crippen LogP contribution in [0.5, 0.6) is 0 Å². The predicted octanol–water partition coefficient (Wildman–Crippen LogP) is 0.851. The van der Waals surface area contributed by atoms with E-state index in [2.05, 4.69) is 0 Å². The van der Waals surface area contributed by atoms with Crippen molar-refractivity contribution >= 4 is 12.0 Å². The van der Waals surface area contributed by atoms with Crippen molar-refractivity contribution < 1.29 is 28.6 Å². The Balaban J connectivity index is 4.80. The van der Waals surface area contributed by atoms with Gasteiger partial charge < -0.3 is 20.0 Å². The molecule has 112 valence electrons. The Labute approximate surface area is 110 Å². The van der Waals surface area contributed by atoms with E-state index in [9.17, 15) is 18.4 Å². The molecule has 0 aromatic heterocycles. The highest BCUT2D eigenvalue weighted by Gasteiger charge is 2.26. The molecule has 0 aromatic rings. The molecule has 0 fully saturated rings. The highest BCUT2D eigenvalue weighted by Crippen LogP contribution is 2.10. The normalized spacial score (nSPS) is 12.3. The average molecular weight is 282 g/mol. The maximum atomic E-state index is 12.4. The lowest BCUT2D eigenvalue weighted by atomic mass is 10.2. The van der Waals surface area contributed by atoms with Gasteiger partial charge in [-0.3, -0.25) is 4.79 Å². The number of carboxylic acid groups (broad SMARTS) is 1. The van der Waals surface area contributed by atoms with Crippen molar-refractivity contribution in [3.8, 4) is 0 Å². The van der Waals surface area contributed by atoms with E-state index in [1.807, 2.05) is 0 Å². The molecule has 0 bridgehead atoms. The molecule has 0 spiro atoms. The molecule has 2 amide bonds. The number of aliphatic hydroxyl groups excluding tert-OH is 1. The maximum absolute atomic E-state index is 12.4. The van der Waals surface area contributed by atoms with Gasteiger partial charge >= 0.3 is 12.0 Å². The van der Waals surface area contributed by atoms with Crippen molar-refractivity contribution in [3.05, 3.63) is 0 Å². The van der Waals surface area contributed by atoms with Gasteiger partial charge in [-0.15, -0.1) is 0 Å². The SMILES string of the molecule is CCN(C(=O)N(CCO)CC(F)F)C(C)CC(=O)O. The molecule has 0 aliphatic rings. The summed E-state index contributed by atoms with van der Waals surface area (Å²) in [6, 6.07) is -1.29. The molecule has 0 aromatic carbocycles. The molecule has 6 nitrogen and oxygen atoms in total. The molecule has 0 saturated heterocycles. The molecule has 1 unspecified atom stereocenters. The second-order valence-electron chi connectivity index (χ2n) is 4.08. The first-order valence-electron chi connectivity index (χ1n) is 5.99. The number of carbonyl (C=O) groups is 2. The van der Waals surface area contributed by atoms with Gasteiger partial charge in [-0.1, -0.05) is 0 Å².